The van der Waals surface area contributed by atoms with E-state index in [4.69, 9.17) is 0 Å². The highest BCUT2D eigenvalue weighted by Gasteiger charge is 2.17. The first-order valence-electron chi connectivity index (χ1n) is 5.10. The van der Waals surface area contributed by atoms with Gasteiger partial charge in [0.1, 0.15) is 0 Å². The third kappa shape index (κ3) is 2.06. The van der Waals surface area contributed by atoms with Crippen LogP contribution in [0.5, 0.6) is 0 Å². The molecule has 0 saturated carbocycles. The topological polar surface area (TPSA) is 46.2 Å². The molecule has 0 aromatic heterocycles. The highest BCUT2D eigenvalue weighted by Crippen LogP contribution is 2.24. The van der Waals surface area contributed by atoms with Crippen LogP contribution in [0.25, 0.3) is 0 Å². The molecule has 0 fully saturated rings. The van der Waals surface area contributed by atoms with E-state index in [9.17, 15) is 9.59 Å². The van der Waals surface area contributed by atoms with Gasteiger partial charge in [-0.25, -0.2) is 0 Å². The fourth-order valence-corrected chi connectivity index (χ4v) is 1.91. The number of hydrogen-bond donors (Lipinski definition) is 1. The molecule has 15 heavy (non-hydrogen) atoms. The third-order valence-corrected chi connectivity index (χ3v) is 2.58. The van der Waals surface area contributed by atoms with Crippen LogP contribution in [0.4, 0.5) is 5.69 Å². The van der Waals surface area contributed by atoms with E-state index in [0.717, 1.165) is 24.0 Å². The second-order valence-corrected chi connectivity index (χ2v) is 3.83. The summed E-state index contributed by atoms with van der Waals surface area (Å²) in [7, 11) is 0. The molecule has 0 radical (unpaired) electrons. The summed E-state index contributed by atoms with van der Waals surface area (Å²) in [5.74, 6) is 0.0710. The van der Waals surface area contributed by atoms with Crippen LogP contribution < -0.4 is 5.32 Å². The lowest BCUT2D eigenvalue weighted by Gasteiger charge is -2.15. The Morgan fingerprint density at radius 2 is 2.13 bits per heavy atom. The van der Waals surface area contributed by atoms with Gasteiger partial charge in [-0.1, -0.05) is 6.07 Å². The van der Waals surface area contributed by atoms with Crippen molar-refractivity contribution in [1.29, 1.82) is 0 Å². The van der Waals surface area contributed by atoms with Gasteiger partial charge < -0.3 is 5.32 Å². The number of nitrogens with one attached hydrogen (secondary N) is 1. The van der Waals surface area contributed by atoms with Crippen molar-refractivity contribution >= 4 is 17.4 Å². The van der Waals surface area contributed by atoms with Crippen LogP contribution in [0.3, 0.4) is 0 Å². The lowest BCUT2D eigenvalue weighted by atomic mass is 9.90. The predicted molar refractivity (Wildman–Crippen MR) is 58.0 cm³/mol. The molecule has 3 nitrogen and oxygen atoms in total. The first-order chi connectivity index (χ1) is 7.16. The SMILES string of the molecule is CC(=O)Nc1ccc2c(c1)C(=O)CCC2. The van der Waals surface area contributed by atoms with Crippen molar-refractivity contribution in [3.8, 4) is 0 Å². The van der Waals surface area contributed by atoms with Crippen LogP contribution in [-0.2, 0) is 11.2 Å². The van der Waals surface area contributed by atoms with Crippen LogP contribution in [0.15, 0.2) is 18.2 Å². The number of ketones is 1. The first kappa shape index (κ1) is 9.90. The molecule has 0 atom stereocenters. The summed E-state index contributed by atoms with van der Waals surface area (Å²) in [4.78, 5) is 22.5. The van der Waals surface area contributed by atoms with Crippen LogP contribution in [0.1, 0.15) is 35.7 Å². The summed E-state index contributed by atoms with van der Waals surface area (Å²) in [6.07, 6.45) is 2.52. The lowest BCUT2D eigenvalue weighted by molar-refractivity contribution is -0.114. The minimum Gasteiger partial charge on any atom is -0.326 e. The Labute approximate surface area is 88.5 Å². The van der Waals surface area contributed by atoms with Gasteiger partial charge in [0.25, 0.3) is 0 Å². The molecule has 0 aliphatic heterocycles. The Kier molecular flexibility index (Phi) is 2.54. The summed E-state index contributed by atoms with van der Waals surface area (Å²) in [5, 5.41) is 2.68. The zero-order chi connectivity index (χ0) is 10.8. The van der Waals surface area contributed by atoms with Crippen molar-refractivity contribution in [3.63, 3.8) is 0 Å². The van der Waals surface area contributed by atoms with E-state index in [1.807, 2.05) is 12.1 Å². The standard InChI is InChI=1S/C12H13NO2/c1-8(14)13-10-6-5-9-3-2-4-12(15)11(9)7-10/h5-7H,2-4H2,1H3,(H,13,14). The predicted octanol–water partition coefficient (Wildman–Crippen LogP) is 2.16. The smallest absolute Gasteiger partial charge is 0.221 e. The molecular formula is C12H13NO2. The van der Waals surface area contributed by atoms with E-state index in [2.05, 4.69) is 5.32 Å². The van der Waals surface area contributed by atoms with E-state index in [1.165, 1.54) is 6.92 Å². The number of fused-ring (bicyclic) bond motifs is 1. The van der Waals surface area contributed by atoms with Crippen LogP contribution in [0.2, 0.25) is 0 Å². The zero-order valence-electron chi connectivity index (χ0n) is 8.67. The third-order valence-electron chi connectivity index (χ3n) is 2.58. The molecular weight excluding hydrogens is 190 g/mol. The summed E-state index contributed by atoms with van der Waals surface area (Å²) >= 11 is 0. The maximum absolute atomic E-state index is 11.6. The normalized spacial score (nSPS) is 14.6. The molecule has 0 spiro atoms. The van der Waals surface area contributed by atoms with E-state index in [1.54, 1.807) is 6.07 Å². The lowest BCUT2D eigenvalue weighted by Crippen LogP contribution is -2.12. The molecule has 1 aliphatic rings. The van der Waals surface area contributed by atoms with Gasteiger partial charge in [0, 0.05) is 24.6 Å². The summed E-state index contributed by atoms with van der Waals surface area (Å²) in [6.45, 7) is 1.46. The number of carbonyl (C=O) groups excluding carboxylic acids is 2. The van der Waals surface area contributed by atoms with Crippen LogP contribution >= 0.6 is 0 Å². The van der Waals surface area contributed by atoms with Gasteiger partial charge in [-0.05, 0) is 30.5 Å². The van der Waals surface area contributed by atoms with E-state index >= 15 is 0 Å². The van der Waals surface area contributed by atoms with Gasteiger partial charge in [0.05, 0.1) is 0 Å². The summed E-state index contributed by atoms with van der Waals surface area (Å²) in [5.41, 5.74) is 2.57. The van der Waals surface area contributed by atoms with Gasteiger partial charge in [0.15, 0.2) is 5.78 Å². The number of rotatable bonds is 1. The Balaban J connectivity index is 2.35. The molecule has 0 bridgehead atoms. The number of aryl methyl sites for hydroxylation is 1. The average Bonchev–Trinajstić information content (AvgIpc) is 2.18. The second kappa shape index (κ2) is 3.85. The second-order valence-electron chi connectivity index (χ2n) is 3.83. The zero-order valence-corrected chi connectivity index (χ0v) is 8.67. The van der Waals surface area contributed by atoms with Crippen LogP contribution in [0, 0.1) is 0 Å². The number of amides is 1. The molecule has 0 unspecified atom stereocenters. The minimum atomic E-state index is -0.113. The van der Waals surface area contributed by atoms with Gasteiger partial charge >= 0.3 is 0 Å². The fraction of sp³-hybridized carbons (Fsp3) is 0.333. The van der Waals surface area contributed by atoms with E-state index < -0.39 is 0 Å². The van der Waals surface area contributed by atoms with Crippen molar-refractivity contribution in [2.75, 3.05) is 5.32 Å². The van der Waals surface area contributed by atoms with Crippen molar-refractivity contribution in [3.05, 3.63) is 29.3 Å². The maximum atomic E-state index is 11.6. The molecule has 1 N–H and O–H groups in total. The molecule has 1 aromatic carbocycles. The largest absolute Gasteiger partial charge is 0.326 e. The Morgan fingerprint density at radius 1 is 1.33 bits per heavy atom. The van der Waals surface area contributed by atoms with Gasteiger partial charge in [0.2, 0.25) is 5.91 Å². The quantitative estimate of drug-likeness (QED) is 0.760. The van der Waals surface area contributed by atoms with Crippen molar-refractivity contribution in [2.45, 2.75) is 26.2 Å². The number of Topliss-reactive ketones (excluding diaryl/α,β-unsaturated/α-hetero) is 1. The molecule has 78 valence electrons. The Bertz CT molecular complexity index is 424. The summed E-state index contributed by atoms with van der Waals surface area (Å²) in [6, 6.07) is 5.55. The molecule has 1 aromatic rings. The van der Waals surface area contributed by atoms with E-state index in [0.29, 0.717) is 12.1 Å². The highest BCUT2D eigenvalue weighted by molar-refractivity contribution is 6.00. The van der Waals surface area contributed by atoms with Gasteiger partial charge in [-0.2, -0.15) is 0 Å². The highest BCUT2D eigenvalue weighted by atomic mass is 16.1. The number of anilines is 1. The van der Waals surface area contributed by atoms with Crippen molar-refractivity contribution < 1.29 is 9.59 Å². The molecule has 2 rings (SSSR count). The average molecular weight is 203 g/mol. The molecule has 0 saturated heterocycles. The monoisotopic (exact) mass is 203 g/mol. The van der Waals surface area contributed by atoms with Gasteiger partial charge in [-0.15, -0.1) is 0 Å². The van der Waals surface area contributed by atoms with E-state index in [-0.39, 0.29) is 11.7 Å². The minimum absolute atomic E-state index is 0.113. The Hall–Kier alpha value is -1.64. The van der Waals surface area contributed by atoms with Crippen LogP contribution in [-0.4, -0.2) is 11.7 Å². The number of hydrogen-bond acceptors (Lipinski definition) is 2. The molecule has 1 aliphatic carbocycles. The van der Waals surface area contributed by atoms with Gasteiger partial charge in [-0.3, -0.25) is 9.59 Å². The number of benzene rings is 1. The molecule has 1 amide bonds. The van der Waals surface area contributed by atoms with Crippen molar-refractivity contribution in [2.24, 2.45) is 0 Å². The van der Waals surface area contributed by atoms with Crippen molar-refractivity contribution in [1.82, 2.24) is 0 Å². The molecule has 0 heterocycles. The number of carbonyl (C=O) groups is 2. The maximum Gasteiger partial charge on any atom is 0.221 e. The first-order valence-corrected chi connectivity index (χ1v) is 5.10. The fourth-order valence-electron chi connectivity index (χ4n) is 1.91. The Morgan fingerprint density at radius 3 is 2.87 bits per heavy atom. The summed E-state index contributed by atoms with van der Waals surface area (Å²) < 4.78 is 0. The molecule has 3 heteroatoms.